The fourth-order valence-electron chi connectivity index (χ4n) is 2.85. The van der Waals surface area contributed by atoms with Crippen molar-refractivity contribution in [3.8, 4) is 11.5 Å². The average Bonchev–Trinajstić information content (AvgIpc) is 2.60. The molecule has 2 aliphatic heterocycles. The van der Waals surface area contributed by atoms with Crippen LogP contribution in [-0.2, 0) is 10.0 Å². The van der Waals surface area contributed by atoms with Gasteiger partial charge in [0.25, 0.3) is 0 Å². The van der Waals surface area contributed by atoms with Crippen molar-refractivity contribution in [2.24, 2.45) is 0 Å². The number of likely N-dealkylation sites (N-methyl/N-ethyl adjacent to an activating group) is 1. The fraction of sp³-hybridized carbons (Fsp3) is 0.625. The van der Waals surface area contributed by atoms with E-state index in [2.05, 4.69) is 21.6 Å². The summed E-state index contributed by atoms with van der Waals surface area (Å²) in [5.41, 5.74) is 0. The zero-order valence-corrected chi connectivity index (χ0v) is 14.8. The molecular formula is C16H25N3O4S. The maximum atomic E-state index is 12.4. The predicted molar refractivity (Wildman–Crippen MR) is 91.2 cm³/mol. The molecule has 0 unspecified atom stereocenters. The Morgan fingerprint density at radius 3 is 2.54 bits per heavy atom. The van der Waals surface area contributed by atoms with Crippen molar-refractivity contribution in [1.29, 1.82) is 0 Å². The number of nitrogens with zero attached hydrogens (tertiary/aromatic N) is 2. The molecule has 134 valence electrons. The van der Waals surface area contributed by atoms with Gasteiger partial charge in [-0.2, -0.15) is 0 Å². The monoisotopic (exact) mass is 355 g/mol. The van der Waals surface area contributed by atoms with Crippen molar-refractivity contribution in [1.82, 2.24) is 14.5 Å². The molecule has 0 aliphatic carbocycles. The Hall–Kier alpha value is -1.35. The second-order valence-electron chi connectivity index (χ2n) is 6.20. The first-order valence-electron chi connectivity index (χ1n) is 8.35. The summed E-state index contributed by atoms with van der Waals surface area (Å²) >= 11 is 0. The van der Waals surface area contributed by atoms with Gasteiger partial charge >= 0.3 is 0 Å². The number of sulfonamides is 1. The van der Waals surface area contributed by atoms with E-state index >= 15 is 0 Å². The summed E-state index contributed by atoms with van der Waals surface area (Å²) < 4.78 is 38.3. The van der Waals surface area contributed by atoms with Crippen molar-refractivity contribution in [2.75, 3.05) is 59.5 Å². The maximum Gasteiger partial charge on any atom is 0.240 e. The molecule has 0 bridgehead atoms. The number of hydrogen-bond acceptors (Lipinski definition) is 6. The zero-order valence-electron chi connectivity index (χ0n) is 14.0. The number of nitrogens with one attached hydrogen (secondary N) is 1. The average molecular weight is 355 g/mol. The summed E-state index contributed by atoms with van der Waals surface area (Å²) in [5.74, 6) is 1.08. The summed E-state index contributed by atoms with van der Waals surface area (Å²) in [6, 6.07) is 4.72. The van der Waals surface area contributed by atoms with E-state index in [9.17, 15) is 8.42 Å². The summed E-state index contributed by atoms with van der Waals surface area (Å²) in [6.07, 6.45) is 0.799. The summed E-state index contributed by atoms with van der Waals surface area (Å²) in [7, 11) is -1.39. The van der Waals surface area contributed by atoms with E-state index in [-0.39, 0.29) is 4.90 Å². The standard InChI is InChI=1S/C16H25N3O4S/c1-18-7-9-19(10-8-18)6-2-5-17-24(20,21)14-3-4-15-16(13-14)23-12-11-22-15/h3-4,13,17H,2,5-12H2,1H3. The highest BCUT2D eigenvalue weighted by Gasteiger charge is 2.19. The van der Waals surface area contributed by atoms with Crippen LogP contribution in [0.1, 0.15) is 6.42 Å². The molecule has 1 aromatic carbocycles. The first-order valence-corrected chi connectivity index (χ1v) is 9.83. The quantitative estimate of drug-likeness (QED) is 0.744. The highest BCUT2D eigenvalue weighted by molar-refractivity contribution is 7.89. The smallest absolute Gasteiger partial charge is 0.240 e. The minimum Gasteiger partial charge on any atom is -0.486 e. The molecule has 8 heteroatoms. The summed E-state index contributed by atoms with van der Waals surface area (Å²) in [6.45, 7) is 6.52. The number of fused-ring (bicyclic) bond motifs is 1. The highest BCUT2D eigenvalue weighted by Crippen LogP contribution is 2.32. The van der Waals surface area contributed by atoms with E-state index in [0.717, 1.165) is 39.1 Å². The normalized spacial score (nSPS) is 19.4. The molecule has 1 N–H and O–H groups in total. The Labute approximate surface area is 143 Å². The van der Waals surface area contributed by atoms with Crippen LogP contribution in [0.15, 0.2) is 23.1 Å². The molecule has 1 fully saturated rings. The Kier molecular flexibility index (Phi) is 5.60. The van der Waals surface area contributed by atoms with Gasteiger partial charge in [0.2, 0.25) is 10.0 Å². The van der Waals surface area contributed by atoms with Gasteiger partial charge in [0.1, 0.15) is 13.2 Å². The molecule has 2 heterocycles. The molecule has 0 spiro atoms. The molecule has 0 amide bonds. The number of hydrogen-bond donors (Lipinski definition) is 1. The molecule has 7 nitrogen and oxygen atoms in total. The van der Waals surface area contributed by atoms with Gasteiger partial charge < -0.3 is 19.3 Å². The van der Waals surface area contributed by atoms with Gasteiger partial charge in [-0.05, 0) is 32.1 Å². The molecule has 1 aromatic rings. The van der Waals surface area contributed by atoms with Crippen LogP contribution in [0.25, 0.3) is 0 Å². The van der Waals surface area contributed by atoms with Crippen molar-refractivity contribution in [2.45, 2.75) is 11.3 Å². The molecule has 0 saturated carbocycles. The van der Waals surface area contributed by atoms with E-state index < -0.39 is 10.0 Å². The molecule has 0 atom stereocenters. The van der Waals surface area contributed by atoms with E-state index in [1.165, 1.54) is 6.07 Å². The Bertz CT molecular complexity index is 657. The fourth-order valence-corrected chi connectivity index (χ4v) is 3.94. The third-order valence-electron chi connectivity index (χ3n) is 4.36. The van der Waals surface area contributed by atoms with Crippen LogP contribution < -0.4 is 14.2 Å². The molecule has 1 saturated heterocycles. The largest absolute Gasteiger partial charge is 0.486 e. The van der Waals surface area contributed by atoms with Gasteiger partial charge in [0.05, 0.1) is 4.90 Å². The van der Waals surface area contributed by atoms with Gasteiger partial charge in [0.15, 0.2) is 11.5 Å². The first kappa shape index (κ1) is 17.5. The Morgan fingerprint density at radius 2 is 1.79 bits per heavy atom. The Balaban J connectivity index is 1.49. The number of benzene rings is 1. The van der Waals surface area contributed by atoms with Gasteiger partial charge in [-0.15, -0.1) is 0 Å². The lowest BCUT2D eigenvalue weighted by Crippen LogP contribution is -2.45. The number of ether oxygens (including phenoxy) is 2. The minimum atomic E-state index is -3.52. The van der Waals surface area contributed by atoms with Crippen molar-refractivity contribution in [3.63, 3.8) is 0 Å². The SMILES string of the molecule is CN1CCN(CCCNS(=O)(=O)c2ccc3c(c2)OCCO3)CC1. The van der Waals surface area contributed by atoms with Gasteiger partial charge in [0, 0.05) is 38.8 Å². The summed E-state index contributed by atoms with van der Waals surface area (Å²) in [4.78, 5) is 4.89. The molecule has 2 aliphatic rings. The van der Waals surface area contributed by atoms with Crippen molar-refractivity contribution >= 4 is 10.0 Å². The topological polar surface area (TPSA) is 71.1 Å². The molecule has 24 heavy (non-hydrogen) atoms. The second kappa shape index (κ2) is 7.69. The van der Waals surface area contributed by atoms with E-state index in [1.54, 1.807) is 12.1 Å². The van der Waals surface area contributed by atoms with Crippen molar-refractivity contribution in [3.05, 3.63) is 18.2 Å². The predicted octanol–water partition coefficient (Wildman–Crippen LogP) is 0.374. The van der Waals surface area contributed by atoms with Crippen LogP contribution in [0.3, 0.4) is 0 Å². The van der Waals surface area contributed by atoms with Crippen LogP contribution in [-0.4, -0.2) is 77.7 Å². The van der Waals surface area contributed by atoms with Gasteiger partial charge in [-0.1, -0.05) is 0 Å². The van der Waals surface area contributed by atoms with Crippen LogP contribution in [0.5, 0.6) is 11.5 Å². The van der Waals surface area contributed by atoms with E-state index in [1.807, 2.05) is 0 Å². The molecule has 3 rings (SSSR count). The van der Waals surface area contributed by atoms with E-state index in [4.69, 9.17) is 9.47 Å². The number of rotatable bonds is 6. The minimum absolute atomic E-state index is 0.214. The van der Waals surface area contributed by atoms with Crippen molar-refractivity contribution < 1.29 is 17.9 Å². The molecule has 0 radical (unpaired) electrons. The lowest BCUT2D eigenvalue weighted by Gasteiger charge is -2.32. The summed E-state index contributed by atoms with van der Waals surface area (Å²) in [5, 5.41) is 0. The van der Waals surface area contributed by atoms with Crippen LogP contribution in [0.2, 0.25) is 0 Å². The van der Waals surface area contributed by atoms with Gasteiger partial charge in [-0.25, -0.2) is 13.1 Å². The van der Waals surface area contributed by atoms with Gasteiger partial charge in [-0.3, -0.25) is 0 Å². The maximum absolute atomic E-state index is 12.4. The van der Waals surface area contributed by atoms with Crippen LogP contribution in [0.4, 0.5) is 0 Å². The lowest BCUT2D eigenvalue weighted by molar-refractivity contribution is 0.153. The third kappa shape index (κ3) is 4.38. The molecule has 0 aromatic heterocycles. The highest BCUT2D eigenvalue weighted by atomic mass is 32.2. The van der Waals surface area contributed by atoms with E-state index in [0.29, 0.717) is 31.3 Å². The zero-order chi connectivity index (χ0) is 17.0. The lowest BCUT2D eigenvalue weighted by atomic mass is 10.3. The van der Waals surface area contributed by atoms with Crippen LogP contribution >= 0.6 is 0 Å². The Morgan fingerprint density at radius 1 is 1.08 bits per heavy atom. The molecular weight excluding hydrogens is 330 g/mol. The second-order valence-corrected chi connectivity index (χ2v) is 7.97. The third-order valence-corrected chi connectivity index (χ3v) is 5.82. The van der Waals surface area contributed by atoms with Crippen LogP contribution in [0, 0.1) is 0 Å². The first-order chi connectivity index (χ1) is 11.5. The number of piperazine rings is 1.